The van der Waals surface area contributed by atoms with Crippen molar-refractivity contribution in [2.24, 2.45) is 5.10 Å². The first-order valence-corrected chi connectivity index (χ1v) is 8.82. The van der Waals surface area contributed by atoms with Gasteiger partial charge in [-0.15, -0.1) is 0 Å². The molecule has 0 aliphatic heterocycles. The summed E-state index contributed by atoms with van der Waals surface area (Å²) in [6.45, 7) is 5.82. The number of para-hydroxylation sites is 1. The Kier molecular flexibility index (Phi) is 5.18. The van der Waals surface area contributed by atoms with E-state index in [0.717, 1.165) is 23.5 Å². The third-order valence-corrected chi connectivity index (χ3v) is 4.51. The van der Waals surface area contributed by atoms with Crippen LogP contribution in [0, 0.1) is 4.77 Å². The van der Waals surface area contributed by atoms with E-state index >= 15 is 0 Å². The third kappa shape index (κ3) is 3.39. The van der Waals surface area contributed by atoms with Gasteiger partial charge in [-0.05, 0) is 50.3 Å². The molecule has 2 N–H and O–H groups in total. The molecule has 26 heavy (non-hydrogen) atoms. The fraction of sp³-hybridized carbons (Fsp3) is 0.211. The van der Waals surface area contributed by atoms with Crippen LogP contribution in [0.3, 0.4) is 0 Å². The summed E-state index contributed by atoms with van der Waals surface area (Å²) in [5.41, 5.74) is 1.81. The number of benzene rings is 2. The number of aromatic hydroxyl groups is 1. The van der Waals surface area contributed by atoms with Crippen molar-refractivity contribution >= 4 is 35.0 Å². The van der Waals surface area contributed by atoms with E-state index in [9.17, 15) is 9.90 Å². The van der Waals surface area contributed by atoms with E-state index in [4.69, 9.17) is 12.2 Å². The van der Waals surface area contributed by atoms with Crippen LogP contribution < -0.4 is 10.5 Å². The molecule has 7 heteroatoms. The highest BCUT2D eigenvalue weighted by atomic mass is 32.1. The maximum atomic E-state index is 12.6. The van der Waals surface area contributed by atoms with E-state index in [1.165, 1.54) is 6.21 Å². The van der Waals surface area contributed by atoms with E-state index in [1.54, 1.807) is 30.3 Å². The number of phenolic OH excluding ortho intramolecular Hbond substituents is 1. The van der Waals surface area contributed by atoms with E-state index in [1.807, 2.05) is 12.1 Å². The Balaban J connectivity index is 1.99. The highest BCUT2D eigenvalue weighted by Gasteiger charge is 2.07. The van der Waals surface area contributed by atoms with Crippen LogP contribution >= 0.6 is 12.2 Å². The second kappa shape index (κ2) is 7.53. The van der Waals surface area contributed by atoms with Crippen LogP contribution in [0.5, 0.6) is 5.75 Å². The maximum Gasteiger partial charge on any atom is 0.282 e. The molecule has 0 aliphatic carbocycles. The van der Waals surface area contributed by atoms with Crippen molar-refractivity contribution in [2.75, 3.05) is 18.0 Å². The van der Waals surface area contributed by atoms with E-state index in [-0.39, 0.29) is 16.1 Å². The number of hydrogen-bond acceptors (Lipinski definition) is 5. The Morgan fingerprint density at radius 3 is 2.65 bits per heavy atom. The van der Waals surface area contributed by atoms with Crippen LogP contribution in [0.2, 0.25) is 0 Å². The second-order valence-electron chi connectivity index (χ2n) is 5.75. The zero-order valence-electron chi connectivity index (χ0n) is 14.6. The summed E-state index contributed by atoms with van der Waals surface area (Å²) < 4.78 is 1.32. The molecule has 0 aliphatic rings. The number of nitrogens with one attached hydrogen (secondary N) is 1. The SMILES string of the molecule is CCN(CC)c1ccc(/C=N/n2c(=S)[nH]c3ccccc3c2=O)c(O)c1. The standard InChI is InChI=1S/C19H20N4O2S/c1-3-22(4-2)14-10-9-13(17(24)11-14)12-20-23-18(25)15-7-5-6-8-16(15)21-19(23)26/h5-12,24H,3-4H2,1-2H3,(H,21,26)/b20-12+. The van der Waals surface area contributed by atoms with Crippen LogP contribution in [0.25, 0.3) is 10.9 Å². The highest BCUT2D eigenvalue weighted by Crippen LogP contribution is 2.23. The van der Waals surface area contributed by atoms with Gasteiger partial charge in [-0.1, -0.05) is 12.1 Å². The van der Waals surface area contributed by atoms with Gasteiger partial charge in [0.05, 0.1) is 17.1 Å². The number of anilines is 1. The molecule has 3 rings (SSSR count). The number of fused-ring (bicyclic) bond motifs is 1. The van der Waals surface area contributed by atoms with Crippen LogP contribution in [0.15, 0.2) is 52.4 Å². The van der Waals surface area contributed by atoms with Crippen LogP contribution in [-0.2, 0) is 0 Å². The van der Waals surface area contributed by atoms with Crippen LogP contribution in [0.1, 0.15) is 19.4 Å². The molecule has 0 saturated heterocycles. The number of aromatic nitrogens is 2. The predicted molar refractivity (Wildman–Crippen MR) is 108 cm³/mol. The molecule has 0 amide bonds. The molecule has 0 radical (unpaired) electrons. The molecule has 2 aromatic carbocycles. The quantitative estimate of drug-likeness (QED) is 0.534. The van der Waals surface area contributed by atoms with Gasteiger partial charge >= 0.3 is 0 Å². The lowest BCUT2D eigenvalue weighted by Gasteiger charge is -2.21. The molecule has 1 aromatic heterocycles. The summed E-state index contributed by atoms with van der Waals surface area (Å²) in [5.74, 6) is 0.0990. The van der Waals surface area contributed by atoms with Gasteiger partial charge in [0.15, 0.2) is 0 Å². The van der Waals surface area contributed by atoms with Gasteiger partial charge in [-0.2, -0.15) is 9.78 Å². The van der Waals surface area contributed by atoms with Crippen molar-refractivity contribution < 1.29 is 5.11 Å². The molecule has 0 spiro atoms. The van der Waals surface area contributed by atoms with E-state index in [0.29, 0.717) is 16.5 Å². The molecule has 1 heterocycles. The van der Waals surface area contributed by atoms with Crippen molar-refractivity contribution in [1.82, 2.24) is 9.66 Å². The summed E-state index contributed by atoms with van der Waals surface area (Å²) >= 11 is 5.23. The van der Waals surface area contributed by atoms with Gasteiger partial charge in [0.25, 0.3) is 5.56 Å². The average molecular weight is 368 g/mol. The number of rotatable bonds is 5. The van der Waals surface area contributed by atoms with Gasteiger partial charge in [0, 0.05) is 30.4 Å². The van der Waals surface area contributed by atoms with Crippen LogP contribution in [-0.4, -0.2) is 34.1 Å². The summed E-state index contributed by atoms with van der Waals surface area (Å²) in [5, 5.41) is 15.0. The smallest absolute Gasteiger partial charge is 0.282 e. The molecular weight excluding hydrogens is 348 g/mol. The molecule has 0 fully saturated rings. The number of phenols is 1. The van der Waals surface area contributed by atoms with E-state index in [2.05, 4.69) is 28.8 Å². The Morgan fingerprint density at radius 2 is 1.96 bits per heavy atom. The number of aromatic amines is 1. The minimum atomic E-state index is -0.306. The van der Waals surface area contributed by atoms with Gasteiger partial charge in [0.1, 0.15) is 5.75 Å². The Labute approximate surface area is 156 Å². The third-order valence-electron chi connectivity index (χ3n) is 4.24. The largest absolute Gasteiger partial charge is 0.507 e. The fourth-order valence-electron chi connectivity index (χ4n) is 2.80. The Hall–Kier alpha value is -2.93. The lowest BCUT2D eigenvalue weighted by Crippen LogP contribution is -2.21. The minimum Gasteiger partial charge on any atom is -0.507 e. The van der Waals surface area contributed by atoms with E-state index < -0.39 is 0 Å². The molecule has 6 nitrogen and oxygen atoms in total. The number of hydrogen-bond donors (Lipinski definition) is 2. The topological polar surface area (TPSA) is 73.6 Å². The first-order chi connectivity index (χ1) is 12.5. The lowest BCUT2D eigenvalue weighted by atomic mass is 10.2. The van der Waals surface area contributed by atoms with Crippen molar-refractivity contribution in [1.29, 1.82) is 0 Å². The Morgan fingerprint density at radius 1 is 1.23 bits per heavy atom. The lowest BCUT2D eigenvalue weighted by molar-refractivity contribution is 0.474. The molecule has 0 atom stereocenters. The molecule has 0 unspecified atom stereocenters. The molecule has 134 valence electrons. The van der Waals surface area contributed by atoms with Gasteiger partial charge < -0.3 is 15.0 Å². The fourth-order valence-corrected chi connectivity index (χ4v) is 3.04. The van der Waals surface area contributed by atoms with Gasteiger partial charge in [-0.25, -0.2) is 0 Å². The minimum absolute atomic E-state index is 0.0990. The summed E-state index contributed by atoms with van der Waals surface area (Å²) in [6, 6.07) is 12.5. The summed E-state index contributed by atoms with van der Waals surface area (Å²) in [4.78, 5) is 17.7. The zero-order chi connectivity index (χ0) is 18.7. The summed E-state index contributed by atoms with van der Waals surface area (Å²) in [6.07, 6.45) is 1.43. The van der Waals surface area contributed by atoms with Crippen molar-refractivity contribution in [2.45, 2.75) is 13.8 Å². The molecule has 0 saturated carbocycles. The van der Waals surface area contributed by atoms with Crippen LogP contribution in [0.4, 0.5) is 5.69 Å². The van der Waals surface area contributed by atoms with Gasteiger partial charge in [-0.3, -0.25) is 4.79 Å². The first-order valence-electron chi connectivity index (χ1n) is 8.41. The van der Waals surface area contributed by atoms with Gasteiger partial charge in [0.2, 0.25) is 4.77 Å². The first kappa shape index (κ1) is 17.9. The van der Waals surface area contributed by atoms with Crippen molar-refractivity contribution in [3.05, 3.63) is 63.2 Å². The second-order valence-corrected chi connectivity index (χ2v) is 6.14. The zero-order valence-corrected chi connectivity index (χ0v) is 15.5. The normalized spacial score (nSPS) is 11.3. The monoisotopic (exact) mass is 368 g/mol. The van der Waals surface area contributed by atoms with Crippen molar-refractivity contribution in [3.8, 4) is 5.75 Å². The number of H-pyrrole nitrogens is 1. The maximum absolute atomic E-state index is 12.6. The number of nitrogens with zero attached hydrogens (tertiary/aromatic N) is 3. The predicted octanol–water partition coefficient (Wildman–Crippen LogP) is 3.49. The Bertz CT molecular complexity index is 1080. The molecule has 0 bridgehead atoms. The highest BCUT2D eigenvalue weighted by molar-refractivity contribution is 7.71. The summed E-state index contributed by atoms with van der Waals surface area (Å²) in [7, 11) is 0. The molecular formula is C19H20N4O2S. The molecule has 3 aromatic rings. The van der Waals surface area contributed by atoms with Crippen molar-refractivity contribution in [3.63, 3.8) is 0 Å². The average Bonchev–Trinajstić information content (AvgIpc) is 2.64.